The minimum atomic E-state index is -0.126. The SMILES string of the molecule is CCCNC(=O)C1CCCN(C(=O)c2c(C)nn(-c3ccccc3)c2C)C1. The van der Waals surface area contributed by atoms with Crippen LogP contribution in [-0.2, 0) is 4.79 Å². The molecule has 0 aliphatic carbocycles. The van der Waals surface area contributed by atoms with E-state index >= 15 is 0 Å². The molecule has 27 heavy (non-hydrogen) atoms. The molecule has 1 aliphatic heterocycles. The van der Waals surface area contributed by atoms with Crippen LogP contribution in [0.1, 0.15) is 47.9 Å². The first kappa shape index (κ1) is 19.1. The molecule has 1 aliphatic rings. The smallest absolute Gasteiger partial charge is 0.257 e. The van der Waals surface area contributed by atoms with Crippen LogP contribution >= 0.6 is 0 Å². The van der Waals surface area contributed by atoms with Gasteiger partial charge in [-0.25, -0.2) is 4.68 Å². The molecule has 1 saturated heterocycles. The van der Waals surface area contributed by atoms with Crippen molar-refractivity contribution in [1.82, 2.24) is 20.0 Å². The summed E-state index contributed by atoms with van der Waals surface area (Å²) in [6.07, 6.45) is 2.60. The molecule has 1 N–H and O–H groups in total. The van der Waals surface area contributed by atoms with E-state index in [1.165, 1.54) is 0 Å². The summed E-state index contributed by atoms with van der Waals surface area (Å²) in [4.78, 5) is 27.3. The second-order valence-corrected chi connectivity index (χ2v) is 7.17. The van der Waals surface area contributed by atoms with Crippen molar-refractivity contribution >= 4 is 11.8 Å². The number of carbonyl (C=O) groups is 2. The quantitative estimate of drug-likeness (QED) is 0.882. The van der Waals surface area contributed by atoms with Crippen molar-refractivity contribution in [2.75, 3.05) is 19.6 Å². The normalized spacial score (nSPS) is 17.0. The van der Waals surface area contributed by atoms with Gasteiger partial charge in [0.15, 0.2) is 0 Å². The second-order valence-electron chi connectivity index (χ2n) is 7.17. The molecule has 1 aromatic heterocycles. The first-order valence-corrected chi connectivity index (χ1v) is 9.71. The first-order chi connectivity index (χ1) is 13.0. The van der Waals surface area contributed by atoms with Gasteiger partial charge in [-0.15, -0.1) is 0 Å². The molecule has 1 aromatic carbocycles. The summed E-state index contributed by atoms with van der Waals surface area (Å²) in [6.45, 7) is 7.68. The Bertz CT molecular complexity index is 813. The molecule has 6 nitrogen and oxygen atoms in total. The van der Waals surface area contributed by atoms with E-state index in [1.807, 2.05) is 60.7 Å². The molecule has 0 saturated carbocycles. The predicted molar refractivity (Wildman–Crippen MR) is 105 cm³/mol. The number of hydrogen-bond donors (Lipinski definition) is 1. The van der Waals surface area contributed by atoms with Gasteiger partial charge in [0.05, 0.1) is 28.6 Å². The van der Waals surface area contributed by atoms with Crippen LogP contribution in [0, 0.1) is 19.8 Å². The molecule has 6 heteroatoms. The Labute approximate surface area is 160 Å². The number of piperidine rings is 1. The summed E-state index contributed by atoms with van der Waals surface area (Å²) < 4.78 is 1.82. The summed E-state index contributed by atoms with van der Waals surface area (Å²) in [5.74, 6) is -0.0954. The van der Waals surface area contributed by atoms with Crippen molar-refractivity contribution in [3.63, 3.8) is 0 Å². The summed E-state index contributed by atoms with van der Waals surface area (Å²) in [6, 6.07) is 9.82. The Kier molecular flexibility index (Phi) is 5.94. The molecule has 1 fully saturated rings. The lowest BCUT2D eigenvalue weighted by Gasteiger charge is -2.32. The van der Waals surface area contributed by atoms with Gasteiger partial charge in [-0.1, -0.05) is 25.1 Å². The molecule has 144 valence electrons. The van der Waals surface area contributed by atoms with Crippen molar-refractivity contribution < 1.29 is 9.59 Å². The van der Waals surface area contributed by atoms with Gasteiger partial charge in [-0.3, -0.25) is 9.59 Å². The number of likely N-dealkylation sites (tertiary alicyclic amines) is 1. The van der Waals surface area contributed by atoms with Gasteiger partial charge in [-0.05, 0) is 45.2 Å². The van der Waals surface area contributed by atoms with Crippen molar-refractivity contribution in [1.29, 1.82) is 0 Å². The summed E-state index contributed by atoms with van der Waals surface area (Å²) >= 11 is 0. The molecule has 0 spiro atoms. The molecular formula is C21H28N4O2. The van der Waals surface area contributed by atoms with E-state index in [1.54, 1.807) is 0 Å². The lowest BCUT2D eigenvalue weighted by Crippen LogP contribution is -2.45. The van der Waals surface area contributed by atoms with Crippen LogP contribution in [0.5, 0.6) is 0 Å². The minimum absolute atomic E-state index is 0.0276. The number of para-hydroxylation sites is 1. The summed E-state index contributed by atoms with van der Waals surface area (Å²) in [7, 11) is 0. The Morgan fingerprint density at radius 2 is 1.96 bits per heavy atom. The fourth-order valence-corrected chi connectivity index (χ4v) is 3.70. The molecule has 2 heterocycles. The summed E-state index contributed by atoms with van der Waals surface area (Å²) in [5.41, 5.74) is 3.14. The van der Waals surface area contributed by atoms with Crippen molar-refractivity contribution in [3.8, 4) is 5.69 Å². The Morgan fingerprint density at radius 3 is 2.67 bits per heavy atom. The van der Waals surface area contributed by atoms with E-state index in [-0.39, 0.29) is 17.7 Å². The van der Waals surface area contributed by atoms with Crippen molar-refractivity contribution in [2.45, 2.75) is 40.0 Å². The Morgan fingerprint density at radius 1 is 1.22 bits per heavy atom. The van der Waals surface area contributed by atoms with Crippen LogP contribution in [0.3, 0.4) is 0 Å². The number of nitrogens with zero attached hydrogens (tertiary/aromatic N) is 3. The maximum absolute atomic E-state index is 13.2. The van der Waals surface area contributed by atoms with Crippen molar-refractivity contribution in [2.24, 2.45) is 5.92 Å². The second kappa shape index (κ2) is 8.37. The zero-order valence-corrected chi connectivity index (χ0v) is 16.4. The number of carbonyl (C=O) groups excluding carboxylic acids is 2. The summed E-state index contributed by atoms with van der Waals surface area (Å²) in [5, 5.41) is 7.54. The molecule has 1 atom stereocenters. The van der Waals surface area contributed by atoms with Gasteiger partial charge in [0.2, 0.25) is 5.91 Å². The van der Waals surface area contributed by atoms with Crippen LogP contribution in [0.25, 0.3) is 5.69 Å². The molecule has 0 radical (unpaired) electrons. The standard InChI is InChI=1S/C21H28N4O2/c1-4-12-22-20(26)17-9-8-13-24(14-17)21(27)19-15(2)23-25(16(19)3)18-10-6-5-7-11-18/h5-7,10-11,17H,4,8-9,12-14H2,1-3H3,(H,22,26). The number of nitrogens with one attached hydrogen (secondary N) is 1. The van der Waals surface area contributed by atoms with Crippen LogP contribution in [0.15, 0.2) is 30.3 Å². The number of hydrogen-bond acceptors (Lipinski definition) is 3. The number of benzene rings is 1. The first-order valence-electron chi connectivity index (χ1n) is 9.71. The van der Waals surface area contributed by atoms with Crippen LogP contribution in [0.2, 0.25) is 0 Å². The third-order valence-electron chi connectivity index (χ3n) is 5.13. The molecule has 3 rings (SSSR count). The third-order valence-corrected chi connectivity index (χ3v) is 5.13. The van der Waals surface area contributed by atoms with Crippen LogP contribution in [-0.4, -0.2) is 46.1 Å². The van der Waals surface area contributed by atoms with E-state index in [9.17, 15) is 9.59 Å². The lowest BCUT2D eigenvalue weighted by molar-refractivity contribution is -0.126. The lowest BCUT2D eigenvalue weighted by atomic mass is 9.96. The number of aromatic nitrogens is 2. The van der Waals surface area contributed by atoms with Gasteiger partial charge in [0, 0.05) is 19.6 Å². The zero-order valence-electron chi connectivity index (χ0n) is 16.4. The molecule has 0 bridgehead atoms. The van der Waals surface area contributed by atoms with Gasteiger partial charge < -0.3 is 10.2 Å². The third kappa shape index (κ3) is 4.04. The highest BCUT2D eigenvalue weighted by Gasteiger charge is 2.31. The maximum atomic E-state index is 13.2. The number of rotatable bonds is 5. The molecular weight excluding hydrogens is 340 g/mol. The average Bonchev–Trinajstić information content (AvgIpc) is 3.00. The van der Waals surface area contributed by atoms with Crippen LogP contribution in [0.4, 0.5) is 0 Å². The van der Waals surface area contributed by atoms with Gasteiger partial charge in [0.1, 0.15) is 0 Å². The fraction of sp³-hybridized carbons (Fsp3) is 0.476. The minimum Gasteiger partial charge on any atom is -0.356 e. The van der Waals surface area contributed by atoms with E-state index in [0.29, 0.717) is 25.2 Å². The predicted octanol–water partition coefficient (Wildman–Crippen LogP) is 2.87. The molecule has 2 aromatic rings. The molecule has 2 amide bonds. The van der Waals surface area contributed by atoms with E-state index in [0.717, 1.165) is 36.3 Å². The maximum Gasteiger partial charge on any atom is 0.257 e. The largest absolute Gasteiger partial charge is 0.356 e. The van der Waals surface area contributed by atoms with Gasteiger partial charge in [-0.2, -0.15) is 5.10 Å². The number of amides is 2. The number of aryl methyl sites for hydroxylation is 1. The van der Waals surface area contributed by atoms with Gasteiger partial charge in [0.25, 0.3) is 5.91 Å². The van der Waals surface area contributed by atoms with E-state index in [4.69, 9.17) is 0 Å². The van der Waals surface area contributed by atoms with E-state index < -0.39 is 0 Å². The Hall–Kier alpha value is -2.63. The molecule has 1 unspecified atom stereocenters. The Balaban J connectivity index is 1.80. The fourth-order valence-electron chi connectivity index (χ4n) is 3.70. The van der Waals surface area contributed by atoms with Gasteiger partial charge >= 0.3 is 0 Å². The monoisotopic (exact) mass is 368 g/mol. The zero-order chi connectivity index (χ0) is 19.4. The highest BCUT2D eigenvalue weighted by Crippen LogP contribution is 2.23. The average molecular weight is 368 g/mol. The highest BCUT2D eigenvalue weighted by molar-refractivity contribution is 5.97. The highest BCUT2D eigenvalue weighted by atomic mass is 16.2. The van der Waals surface area contributed by atoms with Crippen LogP contribution < -0.4 is 5.32 Å². The topological polar surface area (TPSA) is 67.2 Å². The van der Waals surface area contributed by atoms with Crippen molar-refractivity contribution in [3.05, 3.63) is 47.3 Å². The van der Waals surface area contributed by atoms with E-state index in [2.05, 4.69) is 10.4 Å².